The van der Waals surface area contributed by atoms with E-state index in [2.05, 4.69) is 27.7 Å². The zero-order chi connectivity index (χ0) is 10.8. The fourth-order valence-corrected chi connectivity index (χ4v) is 2.70. The molecule has 0 radical (unpaired) electrons. The van der Waals surface area contributed by atoms with Crippen LogP contribution in [0.5, 0.6) is 0 Å². The summed E-state index contributed by atoms with van der Waals surface area (Å²) in [6, 6.07) is 0. The third kappa shape index (κ3) is 2.50. The van der Waals surface area contributed by atoms with Gasteiger partial charge in [-0.05, 0) is 37.5 Å². The molecule has 0 bridgehead atoms. The second-order valence-corrected chi connectivity index (χ2v) is 5.66. The molecule has 0 aromatic carbocycles. The maximum absolute atomic E-state index is 6.45. The molecule has 0 amide bonds. The zero-order valence-electron chi connectivity index (χ0n) is 10.3. The lowest BCUT2D eigenvalue weighted by molar-refractivity contribution is 0.136. The summed E-state index contributed by atoms with van der Waals surface area (Å²) in [7, 11) is 0. The van der Waals surface area contributed by atoms with Crippen molar-refractivity contribution in [3.05, 3.63) is 0 Å². The SMILES string of the molecule is CCC1CCCC(C(C)(N)C(C)C)C1. The minimum Gasteiger partial charge on any atom is -0.325 e. The van der Waals surface area contributed by atoms with E-state index in [1.54, 1.807) is 0 Å². The van der Waals surface area contributed by atoms with Gasteiger partial charge in [0.2, 0.25) is 0 Å². The van der Waals surface area contributed by atoms with Gasteiger partial charge in [0, 0.05) is 5.54 Å². The molecule has 1 aliphatic carbocycles. The van der Waals surface area contributed by atoms with Gasteiger partial charge in [-0.3, -0.25) is 0 Å². The Kier molecular flexibility index (Phi) is 4.00. The quantitative estimate of drug-likeness (QED) is 0.735. The molecule has 0 saturated heterocycles. The summed E-state index contributed by atoms with van der Waals surface area (Å²) in [6.07, 6.45) is 6.87. The maximum Gasteiger partial charge on any atom is 0.0177 e. The van der Waals surface area contributed by atoms with Crippen molar-refractivity contribution in [3.63, 3.8) is 0 Å². The highest BCUT2D eigenvalue weighted by atomic mass is 14.8. The van der Waals surface area contributed by atoms with Crippen LogP contribution in [0.1, 0.15) is 59.8 Å². The van der Waals surface area contributed by atoms with Crippen molar-refractivity contribution in [1.29, 1.82) is 0 Å². The van der Waals surface area contributed by atoms with Gasteiger partial charge in [0.1, 0.15) is 0 Å². The first-order valence-electron chi connectivity index (χ1n) is 6.27. The second-order valence-electron chi connectivity index (χ2n) is 5.66. The Balaban J connectivity index is 2.59. The van der Waals surface area contributed by atoms with Gasteiger partial charge in [-0.2, -0.15) is 0 Å². The highest BCUT2D eigenvalue weighted by Crippen LogP contribution is 2.38. The lowest BCUT2D eigenvalue weighted by Gasteiger charge is -2.42. The fourth-order valence-electron chi connectivity index (χ4n) is 2.70. The lowest BCUT2D eigenvalue weighted by atomic mass is 9.67. The van der Waals surface area contributed by atoms with E-state index in [0.29, 0.717) is 5.92 Å². The topological polar surface area (TPSA) is 26.0 Å². The molecule has 1 fully saturated rings. The zero-order valence-corrected chi connectivity index (χ0v) is 10.3. The first-order chi connectivity index (χ1) is 6.48. The Morgan fingerprint density at radius 2 is 2.00 bits per heavy atom. The van der Waals surface area contributed by atoms with Crippen LogP contribution in [0.15, 0.2) is 0 Å². The number of hydrogen-bond acceptors (Lipinski definition) is 1. The van der Waals surface area contributed by atoms with Crippen molar-refractivity contribution in [2.75, 3.05) is 0 Å². The highest BCUT2D eigenvalue weighted by molar-refractivity contribution is 4.92. The van der Waals surface area contributed by atoms with Crippen LogP contribution in [0.2, 0.25) is 0 Å². The molecule has 1 nitrogen and oxygen atoms in total. The monoisotopic (exact) mass is 197 g/mol. The highest BCUT2D eigenvalue weighted by Gasteiger charge is 2.35. The average Bonchev–Trinajstić information content (AvgIpc) is 2.17. The van der Waals surface area contributed by atoms with Crippen LogP contribution in [0.25, 0.3) is 0 Å². The molecule has 3 unspecified atom stereocenters. The van der Waals surface area contributed by atoms with Crippen LogP contribution in [0, 0.1) is 17.8 Å². The number of nitrogens with two attached hydrogens (primary N) is 1. The van der Waals surface area contributed by atoms with Crippen LogP contribution >= 0.6 is 0 Å². The standard InChI is InChI=1S/C13H27N/c1-5-11-7-6-8-12(9-11)13(4,14)10(2)3/h10-12H,5-9,14H2,1-4H3. The molecular weight excluding hydrogens is 170 g/mol. The average molecular weight is 197 g/mol. The van der Waals surface area contributed by atoms with E-state index in [-0.39, 0.29) is 5.54 Å². The Bertz CT molecular complexity index is 172. The van der Waals surface area contributed by atoms with E-state index in [9.17, 15) is 0 Å². The van der Waals surface area contributed by atoms with Gasteiger partial charge in [0.15, 0.2) is 0 Å². The molecule has 3 atom stereocenters. The molecule has 84 valence electrons. The third-order valence-electron chi connectivity index (χ3n) is 4.48. The molecule has 1 rings (SSSR count). The van der Waals surface area contributed by atoms with Gasteiger partial charge >= 0.3 is 0 Å². The summed E-state index contributed by atoms with van der Waals surface area (Å²) in [5.41, 5.74) is 6.50. The van der Waals surface area contributed by atoms with E-state index in [1.807, 2.05) is 0 Å². The van der Waals surface area contributed by atoms with E-state index < -0.39 is 0 Å². The summed E-state index contributed by atoms with van der Waals surface area (Å²) in [6.45, 7) is 9.09. The van der Waals surface area contributed by atoms with Crippen molar-refractivity contribution < 1.29 is 0 Å². The van der Waals surface area contributed by atoms with E-state index in [0.717, 1.165) is 11.8 Å². The fraction of sp³-hybridized carbons (Fsp3) is 1.00. The molecule has 0 aromatic heterocycles. The van der Waals surface area contributed by atoms with E-state index in [4.69, 9.17) is 5.73 Å². The first-order valence-corrected chi connectivity index (χ1v) is 6.27. The van der Waals surface area contributed by atoms with Crippen LogP contribution in [0.4, 0.5) is 0 Å². The number of rotatable bonds is 3. The summed E-state index contributed by atoms with van der Waals surface area (Å²) >= 11 is 0. The molecule has 14 heavy (non-hydrogen) atoms. The van der Waals surface area contributed by atoms with Crippen molar-refractivity contribution in [2.24, 2.45) is 23.5 Å². The summed E-state index contributed by atoms with van der Waals surface area (Å²) < 4.78 is 0. The molecule has 1 saturated carbocycles. The predicted molar refractivity (Wildman–Crippen MR) is 63.2 cm³/mol. The van der Waals surface area contributed by atoms with Crippen molar-refractivity contribution in [3.8, 4) is 0 Å². The van der Waals surface area contributed by atoms with E-state index in [1.165, 1.54) is 32.1 Å². The van der Waals surface area contributed by atoms with Gasteiger partial charge in [-0.15, -0.1) is 0 Å². The van der Waals surface area contributed by atoms with Crippen molar-refractivity contribution >= 4 is 0 Å². The van der Waals surface area contributed by atoms with Gasteiger partial charge in [0.25, 0.3) is 0 Å². The molecule has 1 heteroatoms. The largest absolute Gasteiger partial charge is 0.325 e. The molecule has 0 heterocycles. The molecule has 2 N–H and O–H groups in total. The summed E-state index contributed by atoms with van der Waals surface area (Å²) in [5, 5.41) is 0. The van der Waals surface area contributed by atoms with Crippen LogP contribution in [0.3, 0.4) is 0 Å². The van der Waals surface area contributed by atoms with E-state index >= 15 is 0 Å². The Morgan fingerprint density at radius 3 is 2.50 bits per heavy atom. The Labute approximate surface area is 89.5 Å². The van der Waals surface area contributed by atoms with Crippen molar-refractivity contribution in [2.45, 2.75) is 65.3 Å². The van der Waals surface area contributed by atoms with Crippen molar-refractivity contribution in [1.82, 2.24) is 0 Å². The van der Waals surface area contributed by atoms with Crippen LogP contribution < -0.4 is 5.73 Å². The predicted octanol–water partition coefficient (Wildman–Crippen LogP) is 3.58. The lowest BCUT2D eigenvalue weighted by Crippen LogP contribution is -2.50. The molecule has 0 aromatic rings. The van der Waals surface area contributed by atoms with Crippen LogP contribution in [-0.4, -0.2) is 5.54 Å². The third-order valence-corrected chi connectivity index (χ3v) is 4.48. The van der Waals surface area contributed by atoms with Gasteiger partial charge in [0.05, 0.1) is 0 Å². The molecular formula is C13H27N. The minimum absolute atomic E-state index is 0.0494. The van der Waals surface area contributed by atoms with Gasteiger partial charge in [-0.1, -0.05) is 40.0 Å². The Hall–Kier alpha value is -0.0400. The first kappa shape index (κ1) is 12.0. The maximum atomic E-state index is 6.45. The molecule has 1 aliphatic rings. The second kappa shape index (κ2) is 4.65. The van der Waals surface area contributed by atoms with Crippen LogP contribution in [-0.2, 0) is 0 Å². The van der Waals surface area contributed by atoms with Gasteiger partial charge in [-0.25, -0.2) is 0 Å². The minimum atomic E-state index is 0.0494. The Morgan fingerprint density at radius 1 is 1.36 bits per heavy atom. The van der Waals surface area contributed by atoms with Gasteiger partial charge < -0.3 is 5.73 Å². The normalized spacial score (nSPS) is 33.0. The summed E-state index contributed by atoms with van der Waals surface area (Å²) in [4.78, 5) is 0. The summed E-state index contributed by atoms with van der Waals surface area (Å²) in [5.74, 6) is 2.29. The molecule has 0 aliphatic heterocycles. The smallest absolute Gasteiger partial charge is 0.0177 e. The molecule has 0 spiro atoms. The number of hydrogen-bond donors (Lipinski definition) is 1.